The second-order valence-corrected chi connectivity index (χ2v) is 7.15. The second-order valence-electron chi connectivity index (χ2n) is 5.83. The first-order valence-corrected chi connectivity index (χ1v) is 7.96. The molecule has 0 bridgehead atoms. The van der Waals surface area contributed by atoms with Crippen molar-refractivity contribution in [1.29, 1.82) is 0 Å². The Hall–Kier alpha value is -1.36. The molecule has 1 aliphatic carbocycles. The molecule has 1 saturated carbocycles. The van der Waals surface area contributed by atoms with Gasteiger partial charge < -0.3 is 10.0 Å². The van der Waals surface area contributed by atoms with E-state index in [1.807, 2.05) is 4.90 Å². The SMILES string of the molecule is Cc1ccc([C@@H]2C[C@H]2C(=O)N2CCC(C(=O)O)CC2)s1. The van der Waals surface area contributed by atoms with Crippen LogP contribution in [0.2, 0.25) is 0 Å². The summed E-state index contributed by atoms with van der Waals surface area (Å²) in [6, 6.07) is 4.24. The largest absolute Gasteiger partial charge is 0.481 e. The van der Waals surface area contributed by atoms with Crippen LogP contribution in [0.3, 0.4) is 0 Å². The average molecular weight is 293 g/mol. The zero-order chi connectivity index (χ0) is 14.3. The Morgan fingerprint density at radius 3 is 2.55 bits per heavy atom. The zero-order valence-electron chi connectivity index (χ0n) is 11.5. The van der Waals surface area contributed by atoms with Gasteiger partial charge in [-0.25, -0.2) is 0 Å². The summed E-state index contributed by atoms with van der Waals surface area (Å²) in [5.74, 6) is -0.234. The Bertz CT molecular complexity index is 531. The highest BCUT2D eigenvalue weighted by atomic mass is 32.1. The van der Waals surface area contributed by atoms with E-state index in [0.717, 1.165) is 6.42 Å². The van der Waals surface area contributed by atoms with Crippen molar-refractivity contribution in [2.24, 2.45) is 11.8 Å². The predicted molar refractivity (Wildman–Crippen MR) is 76.8 cm³/mol. The van der Waals surface area contributed by atoms with E-state index < -0.39 is 5.97 Å². The summed E-state index contributed by atoms with van der Waals surface area (Å²) in [7, 11) is 0. The van der Waals surface area contributed by atoms with Crippen LogP contribution in [0.1, 0.15) is 34.9 Å². The van der Waals surface area contributed by atoms with E-state index in [0.29, 0.717) is 31.8 Å². The third-order valence-electron chi connectivity index (χ3n) is 4.39. The summed E-state index contributed by atoms with van der Waals surface area (Å²) in [5.41, 5.74) is 0. The number of carbonyl (C=O) groups excluding carboxylic acids is 1. The summed E-state index contributed by atoms with van der Waals surface area (Å²) >= 11 is 1.78. The number of hydrogen-bond donors (Lipinski definition) is 1. The van der Waals surface area contributed by atoms with Crippen LogP contribution in [0, 0.1) is 18.8 Å². The Labute approximate surface area is 122 Å². The first-order valence-electron chi connectivity index (χ1n) is 7.14. The maximum Gasteiger partial charge on any atom is 0.306 e. The van der Waals surface area contributed by atoms with Gasteiger partial charge in [-0.3, -0.25) is 9.59 Å². The number of hydrogen-bond acceptors (Lipinski definition) is 3. The van der Waals surface area contributed by atoms with Gasteiger partial charge in [0.2, 0.25) is 5.91 Å². The highest BCUT2D eigenvalue weighted by molar-refractivity contribution is 7.12. The number of aryl methyl sites for hydroxylation is 1. The number of carbonyl (C=O) groups is 2. The van der Waals surface area contributed by atoms with Gasteiger partial charge in [0, 0.05) is 34.7 Å². The molecule has 4 nitrogen and oxygen atoms in total. The van der Waals surface area contributed by atoms with Gasteiger partial charge in [0.25, 0.3) is 0 Å². The van der Waals surface area contributed by atoms with Crippen LogP contribution in [0.15, 0.2) is 12.1 Å². The van der Waals surface area contributed by atoms with Crippen LogP contribution in [-0.2, 0) is 9.59 Å². The van der Waals surface area contributed by atoms with Crippen molar-refractivity contribution in [3.05, 3.63) is 21.9 Å². The van der Waals surface area contributed by atoms with Crippen molar-refractivity contribution >= 4 is 23.2 Å². The Morgan fingerprint density at radius 2 is 2.00 bits per heavy atom. The molecule has 1 amide bonds. The summed E-state index contributed by atoms with van der Waals surface area (Å²) in [5, 5.41) is 8.98. The topological polar surface area (TPSA) is 57.6 Å². The van der Waals surface area contributed by atoms with Gasteiger partial charge in [-0.1, -0.05) is 0 Å². The molecule has 1 N–H and O–H groups in total. The monoisotopic (exact) mass is 293 g/mol. The van der Waals surface area contributed by atoms with Gasteiger partial charge in [-0.05, 0) is 38.3 Å². The minimum Gasteiger partial charge on any atom is -0.481 e. The number of piperidine rings is 1. The van der Waals surface area contributed by atoms with Crippen LogP contribution < -0.4 is 0 Å². The zero-order valence-corrected chi connectivity index (χ0v) is 12.4. The second kappa shape index (κ2) is 5.20. The molecular weight excluding hydrogens is 274 g/mol. The first-order chi connectivity index (χ1) is 9.56. The molecule has 5 heteroatoms. The van der Waals surface area contributed by atoms with Gasteiger partial charge in [-0.15, -0.1) is 11.3 Å². The van der Waals surface area contributed by atoms with E-state index in [2.05, 4.69) is 19.1 Å². The normalized spacial score (nSPS) is 26.6. The van der Waals surface area contributed by atoms with E-state index in [-0.39, 0.29) is 17.7 Å². The van der Waals surface area contributed by atoms with Gasteiger partial charge in [0.15, 0.2) is 0 Å². The molecule has 1 aliphatic heterocycles. The first kappa shape index (κ1) is 13.6. The van der Waals surface area contributed by atoms with Crippen LogP contribution in [0.25, 0.3) is 0 Å². The molecule has 1 saturated heterocycles. The molecule has 1 aromatic rings. The van der Waals surface area contributed by atoms with Crippen LogP contribution >= 0.6 is 11.3 Å². The van der Waals surface area contributed by atoms with Crippen molar-refractivity contribution in [3.8, 4) is 0 Å². The molecule has 2 fully saturated rings. The fourth-order valence-corrected chi connectivity index (χ4v) is 4.07. The number of rotatable bonds is 3. The van der Waals surface area contributed by atoms with Gasteiger partial charge in [0.1, 0.15) is 0 Å². The molecule has 1 aromatic heterocycles. The summed E-state index contributed by atoms with van der Waals surface area (Å²) < 4.78 is 0. The lowest BCUT2D eigenvalue weighted by molar-refractivity contribution is -0.146. The standard InChI is InChI=1S/C15H19NO3S/c1-9-2-3-13(20-9)11-8-12(11)14(17)16-6-4-10(5-7-16)15(18)19/h2-3,10-12H,4-8H2,1H3,(H,18,19)/t11-,12-/m1/s1. The lowest BCUT2D eigenvalue weighted by Crippen LogP contribution is -2.41. The van der Waals surface area contributed by atoms with E-state index in [1.54, 1.807) is 11.3 Å². The average Bonchev–Trinajstić information content (AvgIpc) is 3.13. The van der Waals surface area contributed by atoms with Crippen LogP contribution in [0.5, 0.6) is 0 Å². The third-order valence-corrected chi connectivity index (χ3v) is 5.52. The maximum atomic E-state index is 12.4. The quantitative estimate of drug-likeness (QED) is 0.931. The minimum absolute atomic E-state index is 0.134. The predicted octanol–water partition coefficient (Wildman–Crippen LogP) is 2.48. The number of amides is 1. The van der Waals surface area contributed by atoms with Crippen LogP contribution in [0.4, 0.5) is 0 Å². The molecule has 0 spiro atoms. The Kier molecular flexibility index (Phi) is 3.54. The van der Waals surface area contributed by atoms with E-state index in [1.165, 1.54) is 9.75 Å². The highest BCUT2D eigenvalue weighted by Gasteiger charge is 2.47. The van der Waals surface area contributed by atoms with E-state index in [9.17, 15) is 9.59 Å². The van der Waals surface area contributed by atoms with Crippen LogP contribution in [-0.4, -0.2) is 35.0 Å². The van der Waals surface area contributed by atoms with Crippen molar-refractivity contribution in [2.45, 2.75) is 32.1 Å². The molecule has 2 heterocycles. The van der Waals surface area contributed by atoms with Gasteiger partial charge in [0.05, 0.1) is 5.92 Å². The van der Waals surface area contributed by atoms with Crippen molar-refractivity contribution in [3.63, 3.8) is 0 Å². The lowest BCUT2D eigenvalue weighted by Gasteiger charge is -2.30. The minimum atomic E-state index is -0.726. The molecule has 20 heavy (non-hydrogen) atoms. The molecule has 3 rings (SSSR count). The Morgan fingerprint density at radius 1 is 1.30 bits per heavy atom. The maximum absolute atomic E-state index is 12.4. The summed E-state index contributed by atoms with van der Waals surface area (Å²) in [4.78, 5) is 27.8. The number of carboxylic acid groups (broad SMARTS) is 1. The molecule has 2 aliphatic rings. The van der Waals surface area contributed by atoms with Crippen molar-refractivity contribution < 1.29 is 14.7 Å². The lowest BCUT2D eigenvalue weighted by atomic mass is 9.97. The molecular formula is C15H19NO3S. The van der Waals surface area contributed by atoms with E-state index >= 15 is 0 Å². The van der Waals surface area contributed by atoms with E-state index in [4.69, 9.17) is 5.11 Å². The molecule has 2 atom stereocenters. The molecule has 108 valence electrons. The fraction of sp³-hybridized carbons (Fsp3) is 0.600. The van der Waals surface area contributed by atoms with Gasteiger partial charge in [-0.2, -0.15) is 0 Å². The molecule has 0 aromatic carbocycles. The number of thiophene rings is 1. The fourth-order valence-electron chi connectivity index (χ4n) is 3.02. The number of likely N-dealkylation sites (tertiary alicyclic amines) is 1. The molecule has 0 unspecified atom stereocenters. The van der Waals surface area contributed by atoms with Crippen molar-refractivity contribution in [1.82, 2.24) is 4.90 Å². The highest BCUT2D eigenvalue weighted by Crippen LogP contribution is 2.50. The molecule has 0 radical (unpaired) electrons. The number of nitrogens with zero attached hydrogens (tertiary/aromatic N) is 1. The Balaban J connectivity index is 1.55. The van der Waals surface area contributed by atoms with Crippen molar-refractivity contribution in [2.75, 3.05) is 13.1 Å². The summed E-state index contributed by atoms with van der Waals surface area (Å²) in [6.45, 7) is 3.29. The third kappa shape index (κ3) is 2.59. The number of carboxylic acids is 1. The smallest absolute Gasteiger partial charge is 0.306 e. The van der Waals surface area contributed by atoms with Gasteiger partial charge >= 0.3 is 5.97 Å². The number of aliphatic carboxylic acids is 1. The summed E-state index contributed by atoms with van der Waals surface area (Å²) in [6.07, 6.45) is 2.14.